The molecule has 1 aliphatic rings. The highest BCUT2D eigenvalue weighted by atomic mass is 35.5. The summed E-state index contributed by atoms with van der Waals surface area (Å²) in [6.07, 6.45) is 0.573. The Morgan fingerprint density at radius 2 is 2.25 bits per heavy atom. The molecule has 0 heterocycles. The number of hydrogen-bond acceptors (Lipinski definition) is 3. The Balaban J connectivity index is 2.23. The highest BCUT2D eigenvalue weighted by molar-refractivity contribution is 6.32. The van der Waals surface area contributed by atoms with Gasteiger partial charge in [0.15, 0.2) is 0 Å². The normalized spacial score (nSPS) is 22.8. The van der Waals surface area contributed by atoms with E-state index in [0.717, 1.165) is 5.56 Å². The molecular weight excluding hydrogens is 234 g/mol. The topological polar surface area (TPSA) is 80.4 Å². The molecule has 2 rings (SSSR count). The average Bonchev–Trinajstić information content (AvgIpc) is 2.96. The molecule has 0 radical (unpaired) electrons. The maximum Gasteiger partial charge on any atom is 0.307 e. The smallest absolute Gasteiger partial charge is 0.307 e. The largest absolute Gasteiger partial charge is 0.481 e. The van der Waals surface area contributed by atoms with Crippen molar-refractivity contribution in [1.82, 2.24) is 0 Å². The summed E-state index contributed by atoms with van der Waals surface area (Å²) in [6, 6.07) is 4.36. The molecule has 0 aromatic heterocycles. The van der Waals surface area contributed by atoms with Crippen LogP contribution < -0.4 is 0 Å². The maximum atomic E-state index is 10.7. The fourth-order valence-corrected chi connectivity index (χ4v) is 2.00. The third kappa shape index (κ3) is 1.86. The first kappa shape index (κ1) is 10.9. The maximum absolute atomic E-state index is 10.7. The van der Waals surface area contributed by atoms with Gasteiger partial charge in [-0.05, 0) is 24.0 Å². The minimum atomic E-state index is -0.834. The predicted octanol–water partition coefficient (Wildman–Crippen LogP) is 2.44. The van der Waals surface area contributed by atoms with Gasteiger partial charge >= 0.3 is 5.97 Å². The van der Waals surface area contributed by atoms with Gasteiger partial charge in [0.2, 0.25) is 0 Å². The number of halogens is 1. The Morgan fingerprint density at radius 3 is 2.69 bits per heavy atom. The van der Waals surface area contributed by atoms with Crippen LogP contribution in [0.3, 0.4) is 0 Å². The number of carboxylic acid groups (broad SMARTS) is 1. The number of benzene rings is 1. The van der Waals surface area contributed by atoms with Crippen molar-refractivity contribution >= 4 is 23.3 Å². The lowest BCUT2D eigenvalue weighted by molar-refractivity contribution is -0.384. The average molecular weight is 242 g/mol. The number of nitro benzene ring substituents is 1. The third-order valence-corrected chi connectivity index (χ3v) is 3.01. The van der Waals surface area contributed by atoms with Crippen LogP contribution in [0.15, 0.2) is 18.2 Å². The number of nitro groups is 1. The van der Waals surface area contributed by atoms with E-state index in [4.69, 9.17) is 16.7 Å². The van der Waals surface area contributed by atoms with Crippen LogP contribution in [-0.2, 0) is 4.79 Å². The molecule has 5 nitrogen and oxygen atoms in total. The summed E-state index contributed by atoms with van der Waals surface area (Å²) in [6.45, 7) is 0. The zero-order chi connectivity index (χ0) is 11.9. The third-order valence-electron chi connectivity index (χ3n) is 2.70. The molecule has 16 heavy (non-hydrogen) atoms. The number of hydrogen-bond donors (Lipinski definition) is 1. The summed E-state index contributed by atoms with van der Waals surface area (Å²) >= 11 is 5.73. The molecule has 0 amide bonds. The van der Waals surface area contributed by atoms with Crippen LogP contribution >= 0.6 is 11.6 Å². The molecule has 1 N–H and O–H groups in total. The van der Waals surface area contributed by atoms with Crippen LogP contribution in [0.25, 0.3) is 0 Å². The van der Waals surface area contributed by atoms with Gasteiger partial charge in [-0.1, -0.05) is 17.7 Å². The van der Waals surface area contributed by atoms with E-state index in [2.05, 4.69) is 0 Å². The van der Waals surface area contributed by atoms with Crippen molar-refractivity contribution in [2.75, 3.05) is 0 Å². The van der Waals surface area contributed by atoms with Gasteiger partial charge in [-0.2, -0.15) is 0 Å². The standard InChI is InChI=1S/C10H8ClNO4/c11-8-3-5(1-2-9(8)12(15)16)6-4-7(6)10(13)14/h1-3,6-7H,4H2,(H,13,14)/t6-,7+/m0/s1. The second-order valence-corrected chi connectivity index (χ2v) is 4.16. The number of carboxylic acids is 1. The van der Waals surface area contributed by atoms with Crippen LogP contribution in [0.4, 0.5) is 5.69 Å². The first-order chi connectivity index (χ1) is 7.50. The lowest BCUT2D eigenvalue weighted by Crippen LogP contribution is -1.99. The molecule has 6 heteroatoms. The van der Waals surface area contributed by atoms with E-state index in [-0.39, 0.29) is 22.5 Å². The van der Waals surface area contributed by atoms with Gasteiger partial charge in [-0.3, -0.25) is 14.9 Å². The molecule has 1 aromatic carbocycles. The van der Waals surface area contributed by atoms with Crippen LogP contribution in [0, 0.1) is 16.0 Å². The van der Waals surface area contributed by atoms with Crippen molar-refractivity contribution < 1.29 is 14.8 Å². The monoisotopic (exact) mass is 241 g/mol. The fourth-order valence-electron chi connectivity index (χ4n) is 1.74. The summed E-state index contributed by atoms with van der Waals surface area (Å²) < 4.78 is 0. The van der Waals surface area contributed by atoms with Crippen LogP contribution in [0.2, 0.25) is 5.02 Å². The van der Waals surface area contributed by atoms with E-state index < -0.39 is 10.9 Å². The molecule has 1 aliphatic carbocycles. The van der Waals surface area contributed by atoms with E-state index in [0.29, 0.717) is 6.42 Å². The van der Waals surface area contributed by atoms with Crippen molar-refractivity contribution in [1.29, 1.82) is 0 Å². The van der Waals surface area contributed by atoms with Gasteiger partial charge in [-0.25, -0.2) is 0 Å². The number of nitrogens with zero attached hydrogens (tertiary/aromatic N) is 1. The van der Waals surface area contributed by atoms with Crippen LogP contribution in [0.5, 0.6) is 0 Å². The molecule has 0 unspecified atom stereocenters. The Kier molecular flexibility index (Phi) is 2.55. The highest BCUT2D eigenvalue weighted by Crippen LogP contribution is 2.48. The van der Waals surface area contributed by atoms with Crippen molar-refractivity contribution in [2.45, 2.75) is 12.3 Å². The summed E-state index contributed by atoms with van der Waals surface area (Å²) in [5.74, 6) is -1.27. The first-order valence-corrected chi connectivity index (χ1v) is 5.05. The minimum Gasteiger partial charge on any atom is -0.481 e. The quantitative estimate of drug-likeness (QED) is 0.651. The molecule has 0 saturated heterocycles. The lowest BCUT2D eigenvalue weighted by atomic mass is 10.1. The van der Waals surface area contributed by atoms with E-state index in [9.17, 15) is 14.9 Å². The van der Waals surface area contributed by atoms with Gasteiger partial charge in [0.1, 0.15) is 5.02 Å². The van der Waals surface area contributed by atoms with Gasteiger partial charge in [0.05, 0.1) is 10.8 Å². The second-order valence-electron chi connectivity index (χ2n) is 3.75. The van der Waals surface area contributed by atoms with Crippen molar-refractivity contribution in [3.8, 4) is 0 Å². The Labute approximate surface area is 95.8 Å². The Morgan fingerprint density at radius 1 is 1.56 bits per heavy atom. The highest BCUT2D eigenvalue weighted by Gasteiger charge is 2.44. The predicted molar refractivity (Wildman–Crippen MR) is 56.6 cm³/mol. The van der Waals surface area contributed by atoms with Crippen LogP contribution in [-0.4, -0.2) is 16.0 Å². The van der Waals surface area contributed by atoms with Gasteiger partial charge in [-0.15, -0.1) is 0 Å². The SMILES string of the molecule is O=C(O)[C@@H]1C[C@H]1c1ccc([N+](=O)[O-])c(Cl)c1. The van der Waals surface area contributed by atoms with Crippen LogP contribution in [0.1, 0.15) is 17.9 Å². The summed E-state index contributed by atoms with van der Waals surface area (Å²) in [7, 11) is 0. The van der Waals surface area contributed by atoms with Gasteiger partial charge < -0.3 is 5.11 Å². The molecule has 1 saturated carbocycles. The molecular formula is C10H8ClNO4. The van der Waals surface area contributed by atoms with Gasteiger partial charge in [0.25, 0.3) is 5.69 Å². The number of rotatable bonds is 3. The zero-order valence-corrected chi connectivity index (χ0v) is 8.85. The second kappa shape index (κ2) is 3.75. The Hall–Kier alpha value is -1.62. The fraction of sp³-hybridized carbons (Fsp3) is 0.300. The molecule has 84 valence electrons. The minimum absolute atomic E-state index is 0.0542. The molecule has 0 spiro atoms. The molecule has 0 bridgehead atoms. The molecule has 0 aliphatic heterocycles. The molecule has 2 atom stereocenters. The summed E-state index contributed by atoms with van der Waals surface area (Å²) in [4.78, 5) is 20.6. The van der Waals surface area contributed by atoms with Crippen molar-refractivity contribution in [3.63, 3.8) is 0 Å². The van der Waals surface area contributed by atoms with Crippen molar-refractivity contribution in [2.24, 2.45) is 5.92 Å². The number of aliphatic carboxylic acids is 1. The number of carbonyl (C=O) groups is 1. The van der Waals surface area contributed by atoms with E-state index >= 15 is 0 Å². The first-order valence-electron chi connectivity index (χ1n) is 4.67. The van der Waals surface area contributed by atoms with E-state index in [1.54, 1.807) is 6.07 Å². The summed E-state index contributed by atoms with van der Waals surface area (Å²) in [5.41, 5.74) is 0.598. The van der Waals surface area contributed by atoms with Crippen molar-refractivity contribution in [3.05, 3.63) is 38.9 Å². The lowest BCUT2D eigenvalue weighted by Gasteiger charge is -2.00. The molecule has 1 aromatic rings. The van der Waals surface area contributed by atoms with E-state index in [1.807, 2.05) is 0 Å². The Bertz CT molecular complexity index is 474. The summed E-state index contributed by atoms with van der Waals surface area (Å²) in [5, 5.41) is 19.3. The molecule has 1 fully saturated rings. The zero-order valence-electron chi connectivity index (χ0n) is 8.09. The van der Waals surface area contributed by atoms with E-state index in [1.165, 1.54) is 12.1 Å². The van der Waals surface area contributed by atoms with Gasteiger partial charge in [0, 0.05) is 6.07 Å².